The minimum absolute atomic E-state index is 0.0839. The topological polar surface area (TPSA) is 64.1 Å². The van der Waals surface area contributed by atoms with Crippen LogP contribution >= 0.6 is 0 Å². The number of rotatable bonds is 4. The monoisotopic (exact) mass is 275 g/mol. The molecule has 2 rings (SSSR count). The van der Waals surface area contributed by atoms with E-state index >= 15 is 0 Å². The average Bonchev–Trinajstić information content (AvgIpc) is 2.41. The van der Waals surface area contributed by atoms with Crippen molar-refractivity contribution in [2.24, 2.45) is 0 Å². The molecular weight excluding hydrogens is 261 g/mol. The number of carbonyl (C=O) groups is 1. The number of amides is 1. The molecule has 0 aromatic carbocycles. The summed E-state index contributed by atoms with van der Waals surface area (Å²) in [5.41, 5.74) is 0.307. The molecular formula is C14H14FN3O2. The number of carbonyl (C=O) groups excluding carboxylic acids is 1. The highest BCUT2D eigenvalue weighted by Gasteiger charge is 2.14. The number of halogens is 1. The van der Waals surface area contributed by atoms with Gasteiger partial charge in [-0.25, -0.2) is 9.37 Å². The second-order valence-electron chi connectivity index (χ2n) is 4.33. The predicted octanol–water partition coefficient (Wildman–Crippen LogP) is 2.66. The van der Waals surface area contributed by atoms with Crippen molar-refractivity contribution in [2.75, 3.05) is 5.32 Å². The van der Waals surface area contributed by atoms with Gasteiger partial charge in [0.05, 0.1) is 17.9 Å². The van der Waals surface area contributed by atoms with Gasteiger partial charge in [0, 0.05) is 12.4 Å². The van der Waals surface area contributed by atoms with Crippen LogP contribution in [0, 0.1) is 5.82 Å². The normalized spacial score (nSPS) is 10.4. The number of nitrogens with one attached hydrogen (secondary N) is 1. The van der Waals surface area contributed by atoms with E-state index in [2.05, 4.69) is 15.3 Å². The van der Waals surface area contributed by atoms with Crippen molar-refractivity contribution in [3.8, 4) is 5.88 Å². The molecule has 2 heterocycles. The smallest absolute Gasteiger partial charge is 0.258 e. The molecule has 0 aliphatic heterocycles. The lowest BCUT2D eigenvalue weighted by Crippen LogP contribution is -2.16. The molecule has 6 heteroatoms. The first kappa shape index (κ1) is 13.9. The van der Waals surface area contributed by atoms with Crippen molar-refractivity contribution in [1.82, 2.24) is 9.97 Å². The van der Waals surface area contributed by atoms with Crippen LogP contribution in [0.3, 0.4) is 0 Å². The summed E-state index contributed by atoms with van der Waals surface area (Å²) in [7, 11) is 0. The van der Waals surface area contributed by atoms with Crippen LogP contribution in [0.15, 0.2) is 36.8 Å². The van der Waals surface area contributed by atoms with E-state index in [1.807, 2.05) is 13.8 Å². The zero-order valence-corrected chi connectivity index (χ0v) is 11.1. The van der Waals surface area contributed by atoms with Crippen LogP contribution in [0.2, 0.25) is 0 Å². The Morgan fingerprint density at radius 1 is 1.35 bits per heavy atom. The second kappa shape index (κ2) is 6.10. The lowest BCUT2D eigenvalue weighted by atomic mass is 10.2. The zero-order chi connectivity index (χ0) is 14.5. The quantitative estimate of drug-likeness (QED) is 0.931. The Labute approximate surface area is 115 Å². The molecule has 0 aliphatic rings. The minimum atomic E-state index is -0.680. The molecule has 5 nitrogen and oxygen atoms in total. The van der Waals surface area contributed by atoms with Gasteiger partial charge in [0.2, 0.25) is 5.88 Å². The molecule has 0 aliphatic carbocycles. The molecule has 20 heavy (non-hydrogen) atoms. The van der Waals surface area contributed by atoms with Crippen LogP contribution in [-0.2, 0) is 0 Å². The fourth-order valence-electron chi connectivity index (χ4n) is 1.55. The maximum absolute atomic E-state index is 13.5. The number of pyridine rings is 2. The van der Waals surface area contributed by atoms with Crippen LogP contribution < -0.4 is 10.1 Å². The Balaban J connectivity index is 2.22. The molecule has 2 aromatic heterocycles. The van der Waals surface area contributed by atoms with Crippen molar-refractivity contribution < 1.29 is 13.9 Å². The van der Waals surface area contributed by atoms with Crippen molar-refractivity contribution in [3.63, 3.8) is 0 Å². The Morgan fingerprint density at radius 3 is 2.85 bits per heavy atom. The van der Waals surface area contributed by atoms with E-state index in [0.717, 1.165) is 6.20 Å². The molecule has 0 bridgehead atoms. The molecule has 1 N–H and O–H groups in total. The maximum atomic E-state index is 13.5. The van der Waals surface area contributed by atoms with Gasteiger partial charge in [-0.1, -0.05) is 0 Å². The number of hydrogen-bond acceptors (Lipinski definition) is 4. The summed E-state index contributed by atoms with van der Waals surface area (Å²) in [5.74, 6) is -0.961. The SMILES string of the molecule is CC(C)Oc1ncccc1NC(=O)c1ccncc1F. The summed E-state index contributed by atoms with van der Waals surface area (Å²) < 4.78 is 19.0. The standard InChI is InChI=1S/C14H14FN3O2/c1-9(2)20-14-12(4-3-6-17-14)18-13(19)10-5-7-16-8-11(10)15/h3-9H,1-2H3,(H,18,19). The fourth-order valence-corrected chi connectivity index (χ4v) is 1.55. The van der Waals surface area contributed by atoms with Gasteiger partial charge in [0.25, 0.3) is 5.91 Å². The number of aromatic nitrogens is 2. The second-order valence-corrected chi connectivity index (χ2v) is 4.33. The number of anilines is 1. The van der Waals surface area contributed by atoms with Gasteiger partial charge in [0.1, 0.15) is 5.69 Å². The van der Waals surface area contributed by atoms with Gasteiger partial charge < -0.3 is 10.1 Å². The van der Waals surface area contributed by atoms with E-state index in [4.69, 9.17) is 4.74 Å². The Hall–Kier alpha value is -2.50. The third-order valence-electron chi connectivity index (χ3n) is 2.38. The first-order chi connectivity index (χ1) is 9.58. The van der Waals surface area contributed by atoms with Gasteiger partial charge >= 0.3 is 0 Å². The first-order valence-electron chi connectivity index (χ1n) is 6.10. The lowest BCUT2D eigenvalue weighted by Gasteiger charge is -2.13. The van der Waals surface area contributed by atoms with Gasteiger partial charge in [-0.15, -0.1) is 0 Å². The summed E-state index contributed by atoms with van der Waals surface area (Å²) in [4.78, 5) is 19.7. The highest BCUT2D eigenvalue weighted by Crippen LogP contribution is 2.22. The van der Waals surface area contributed by atoms with Crippen LogP contribution in [0.5, 0.6) is 5.88 Å². The first-order valence-corrected chi connectivity index (χ1v) is 6.10. The number of hydrogen-bond donors (Lipinski definition) is 1. The van der Waals surface area contributed by atoms with E-state index in [1.165, 1.54) is 12.3 Å². The minimum Gasteiger partial charge on any atom is -0.473 e. The molecule has 2 aromatic rings. The van der Waals surface area contributed by atoms with Crippen molar-refractivity contribution >= 4 is 11.6 Å². The van der Waals surface area contributed by atoms with E-state index in [9.17, 15) is 9.18 Å². The van der Waals surface area contributed by atoms with E-state index in [1.54, 1.807) is 18.3 Å². The highest BCUT2D eigenvalue weighted by molar-refractivity contribution is 6.04. The van der Waals surface area contributed by atoms with Crippen molar-refractivity contribution in [2.45, 2.75) is 20.0 Å². The van der Waals surface area contributed by atoms with Gasteiger partial charge in [0.15, 0.2) is 5.82 Å². The van der Waals surface area contributed by atoms with E-state index in [-0.39, 0.29) is 11.7 Å². The maximum Gasteiger partial charge on any atom is 0.258 e. The summed E-state index contributed by atoms with van der Waals surface area (Å²) in [5, 5.41) is 2.58. The highest BCUT2D eigenvalue weighted by atomic mass is 19.1. The van der Waals surface area contributed by atoms with Crippen molar-refractivity contribution in [3.05, 3.63) is 48.2 Å². The third-order valence-corrected chi connectivity index (χ3v) is 2.38. The summed E-state index contributed by atoms with van der Waals surface area (Å²) in [6.07, 6.45) is 3.81. The fraction of sp³-hybridized carbons (Fsp3) is 0.214. The summed E-state index contributed by atoms with van der Waals surface area (Å²) in [6.45, 7) is 3.70. The molecule has 0 spiro atoms. The Morgan fingerprint density at radius 2 is 2.15 bits per heavy atom. The average molecular weight is 275 g/mol. The molecule has 0 fully saturated rings. The van der Waals surface area contributed by atoms with E-state index < -0.39 is 11.7 Å². The van der Waals surface area contributed by atoms with Gasteiger partial charge in [-0.2, -0.15) is 0 Å². The molecule has 0 atom stereocenters. The van der Waals surface area contributed by atoms with Gasteiger partial charge in [-0.3, -0.25) is 9.78 Å². The van der Waals surface area contributed by atoms with E-state index in [0.29, 0.717) is 11.6 Å². The molecule has 0 unspecified atom stereocenters. The Kier molecular flexibility index (Phi) is 4.24. The van der Waals surface area contributed by atoms with Crippen LogP contribution in [0.25, 0.3) is 0 Å². The van der Waals surface area contributed by atoms with Crippen LogP contribution in [0.4, 0.5) is 10.1 Å². The molecule has 0 radical (unpaired) electrons. The van der Waals surface area contributed by atoms with Gasteiger partial charge in [-0.05, 0) is 32.0 Å². The van der Waals surface area contributed by atoms with Crippen LogP contribution in [-0.4, -0.2) is 22.0 Å². The number of nitrogens with zero attached hydrogens (tertiary/aromatic N) is 2. The lowest BCUT2D eigenvalue weighted by molar-refractivity contribution is 0.102. The molecule has 104 valence electrons. The molecule has 0 saturated heterocycles. The third kappa shape index (κ3) is 3.28. The van der Waals surface area contributed by atoms with Crippen molar-refractivity contribution in [1.29, 1.82) is 0 Å². The number of ether oxygens (including phenoxy) is 1. The molecule has 1 amide bonds. The predicted molar refractivity (Wildman–Crippen MR) is 72.1 cm³/mol. The largest absolute Gasteiger partial charge is 0.473 e. The summed E-state index contributed by atoms with van der Waals surface area (Å²) in [6, 6.07) is 4.61. The van der Waals surface area contributed by atoms with Crippen LogP contribution in [0.1, 0.15) is 24.2 Å². The summed E-state index contributed by atoms with van der Waals surface area (Å²) >= 11 is 0. The zero-order valence-electron chi connectivity index (χ0n) is 11.1. The molecule has 0 saturated carbocycles. The Bertz CT molecular complexity index is 617.